The summed E-state index contributed by atoms with van der Waals surface area (Å²) in [7, 11) is -2.16. The monoisotopic (exact) mass is 428 g/mol. The number of aromatic nitrogens is 4. The van der Waals surface area contributed by atoms with Gasteiger partial charge in [-0.15, -0.1) is 0 Å². The summed E-state index contributed by atoms with van der Waals surface area (Å²) < 4.78 is 36.1. The third-order valence-corrected chi connectivity index (χ3v) is 7.43. The first-order chi connectivity index (χ1) is 13.9. The fourth-order valence-corrected chi connectivity index (χ4v) is 5.22. The summed E-state index contributed by atoms with van der Waals surface area (Å²) in [5.41, 5.74) is 1.13. The lowest BCUT2D eigenvalue weighted by molar-refractivity contribution is 0.397. The van der Waals surface area contributed by atoms with Gasteiger partial charge in [-0.05, 0) is 48.3 Å². The Balaban J connectivity index is 1.70. The van der Waals surface area contributed by atoms with Crippen LogP contribution in [0.1, 0.15) is 11.3 Å². The number of pyridine rings is 1. The lowest BCUT2D eigenvalue weighted by atomic mass is 10.2. The van der Waals surface area contributed by atoms with Gasteiger partial charge in [-0.1, -0.05) is 6.07 Å². The van der Waals surface area contributed by atoms with Crippen LogP contribution < -0.4 is 10.3 Å². The van der Waals surface area contributed by atoms with Gasteiger partial charge in [0.05, 0.1) is 35.8 Å². The van der Waals surface area contributed by atoms with Crippen LogP contribution in [0, 0.1) is 6.92 Å². The van der Waals surface area contributed by atoms with E-state index in [0.29, 0.717) is 22.3 Å². The number of aryl methyl sites for hydroxylation is 1. The lowest BCUT2D eigenvalue weighted by Crippen LogP contribution is -2.23. The summed E-state index contributed by atoms with van der Waals surface area (Å²) >= 11 is 0.932. The minimum Gasteiger partial charge on any atom is -0.481 e. The molecule has 0 aliphatic rings. The maximum absolute atomic E-state index is 12.8. The zero-order valence-corrected chi connectivity index (χ0v) is 17.2. The zero-order chi connectivity index (χ0) is 20.6. The van der Waals surface area contributed by atoms with E-state index in [9.17, 15) is 13.2 Å². The van der Waals surface area contributed by atoms with E-state index in [-0.39, 0.29) is 21.2 Å². The van der Waals surface area contributed by atoms with Crippen LogP contribution in [0.25, 0.3) is 10.8 Å². The SMILES string of the molecule is COc1ccc(Cn2ncc3cc(S(=O)(=O)c4cc(C)ns4)ccc3c2=O)cn1. The molecule has 29 heavy (non-hydrogen) atoms. The third-order valence-electron chi connectivity index (χ3n) is 4.34. The summed E-state index contributed by atoms with van der Waals surface area (Å²) in [4.78, 5) is 17.0. The molecule has 0 radical (unpaired) electrons. The average Bonchev–Trinajstić information content (AvgIpc) is 3.17. The maximum atomic E-state index is 12.8. The van der Waals surface area contributed by atoms with Crippen molar-refractivity contribution in [2.75, 3.05) is 7.11 Å². The predicted octanol–water partition coefficient (Wildman–Crippen LogP) is 2.45. The molecule has 3 heterocycles. The Morgan fingerprint density at radius 1 is 1.14 bits per heavy atom. The van der Waals surface area contributed by atoms with Crippen molar-refractivity contribution in [2.24, 2.45) is 0 Å². The largest absolute Gasteiger partial charge is 0.481 e. The van der Waals surface area contributed by atoms with Gasteiger partial charge in [-0.2, -0.15) is 9.47 Å². The molecule has 0 atom stereocenters. The van der Waals surface area contributed by atoms with E-state index in [4.69, 9.17) is 4.74 Å². The summed E-state index contributed by atoms with van der Waals surface area (Å²) in [5, 5.41) is 5.03. The molecule has 0 spiro atoms. The molecule has 8 nitrogen and oxygen atoms in total. The Labute approximate surface area is 170 Å². The van der Waals surface area contributed by atoms with Crippen molar-refractivity contribution in [3.05, 3.63) is 70.4 Å². The second kappa shape index (κ2) is 7.37. The number of benzene rings is 1. The molecule has 0 fully saturated rings. The molecular weight excluding hydrogens is 412 g/mol. The van der Waals surface area contributed by atoms with Gasteiger partial charge in [0, 0.05) is 17.6 Å². The van der Waals surface area contributed by atoms with Crippen LogP contribution in [0.15, 0.2) is 62.7 Å². The molecule has 0 unspecified atom stereocenters. The number of fused-ring (bicyclic) bond motifs is 1. The van der Waals surface area contributed by atoms with Crippen LogP contribution in [0.5, 0.6) is 5.88 Å². The van der Waals surface area contributed by atoms with Crippen molar-refractivity contribution < 1.29 is 13.2 Å². The summed E-state index contributed by atoms with van der Waals surface area (Å²) in [6.07, 6.45) is 3.11. The van der Waals surface area contributed by atoms with Crippen molar-refractivity contribution in [2.45, 2.75) is 22.6 Å². The normalized spacial score (nSPS) is 11.7. The van der Waals surface area contributed by atoms with Crippen molar-refractivity contribution >= 4 is 32.1 Å². The van der Waals surface area contributed by atoms with Crippen molar-refractivity contribution in [1.82, 2.24) is 19.1 Å². The van der Waals surface area contributed by atoms with Gasteiger partial charge < -0.3 is 4.74 Å². The molecule has 0 N–H and O–H groups in total. The fourth-order valence-electron chi connectivity index (χ4n) is 2.83. The number of hydrogen-bond donors (Lipinski definition) is 0. The van der Waals surface area contributed by atoms with Crippen LogP contribution >= 0.6 is 11.5 Å². The van der Waals surface area contributed by atoms with E-state index in [2.05, 4.69) is 14.5 Å². The van der Waals surface area contributed by atoms with E-state index in [1.165, 1.54) is 42.3 Å². The van der Waals surface area contributed by atoms with Crippen molar-refractivity contribution in [3.63, 3.8) is 0 Å². The second-order valence-electron chi connectivity index (χ2n) is 6.36. The van der Waals surface area contributed by atoms with Gasteiger partial charge in [0.1, 0.15) is 4.21 Å². The van der Waals surface area contributed by atoms with E-state index in [1.807, 2.05) is 0 Å². The number of ether oxygens (including phenoxy) is 1. The number of nitrogens with zero attached hydrogens (tertiary/aromatic N) is 4. The van der Waals surface area contributed by atoms with Gasteiger partial charge in [-0.25, -0.2) is 18.1 Å². The van der Waals surface area contributed by atoms with E-state index in [1.54, 1.807) is 25.3 Å². The highest BCUT2D eigenvalue weighted by atomic mass is 32.2. The first-order valence-corrected chi connectivity index (χ1v) is 10.8. The Morgan fingerprint density at radius 2 is 1.97 bits per heavy atom. The van der Waals surface area contributed by atoms with Gasteiger partial charge in [0.15, 0.2) is 0 Å². The average molecular weight is 428 g/mol. The first kappa shape index (κ1) is 19.2. The van der Waals surface area contributed by atoms with Crippen molar-refractivity contribution in [1.29, 1.82) is 0 Å². The summed E-state index contributed by atoms with van der Waals surface area (Å²) in [5.74, 6) is 0.484. The van der Waals surface area contributed by atoms with Gasteiger partial charge in [-0.3, -0.25) is 4.79 Å². The Morgan fingerprint density at radius 3 is 2.62 bits per heavy atom. The molecule has 4 aromatic rings. The Bertz CT molecular complexity index is 1360. The molecule has 0 aliphatic carbocycles. The lowest BCUT2D eigenvalue weighted by Gasteiger charge is -2.08. The number of methoxy groups -OCH3 is 1. The van der Waals surface area contributed by atoms with Crippen LogP contribution in [0.3, 0.4) is 0 Å². The molecule has 0 bridgehead atoms. The maximum Gasteiger partial charge on any atom is 0.274 e. The Kier molecular flexibility index (Phi) is 4.89. The fraction of sp³-hybridized carbons (Fsp3) is 0.158. The van der Waals surface area contributed by atoms with Crippen LogP contribution in [-0.2, 0) is 16.4 Å². The topological polar surface area (TPSA) is 104 Å². The highest BCUT2D eigenvalue weighted by molar-refractivity contribution is 7.93. The second-order valence-corrected chi connectivity index (χ2v) is 9.34. The number of rotatable bonds is 5. The minimum absolute atomic E-state index is 0.104. The molecule has 10 heteroatoms. The van der Waals surface area contributed by atoms with Crippen molar-refractivity contribution in [3.8, 4) is 5.88 Å². The minimum atomic E-state index is -3.69. The quantitative estimate of drug-likeness (QED) is 0.481. The molecule has 0 aliphatic heterocycles. The molecule has 0 saturated heterocycles. The standard InChI is InChI=1S/C19H16N4O4S2/c1-12-7-18(28-22-12)29(25,26)15-4-5-16-14(8-15)10-21-23(19(16)24)11-13-3-6-17(27-2)20-9-13/h3-10H,11H2,1-2H3. The molecule has 148 valence electrons. The Hall–Kier alpha value is -3.11. The van der Waals surface area contributed by atoms with Crippen LogP contribution in [0.4, 0.5) is 0 Å². The molecule has 3 aromatic heterocycles. The number of sulfone groups is 1. The van der Waals surface area contributed by atoms with Gasteiger partial charge >= 0.3 is 0 Å². The molecule has 0 saturated carbocycles. The highest BCUT2D eigenvalue weighted by Gasteiger charge is 2.21. The zero-order valence-electron chi connectivity index (χ0n) is 15.6. The van der Waals surface area contributed by atoms with Gasteiger partial charge in [0.25, 0.3) is 5.56 Å². The number of hydrogen-bond acceptors (Lipinski definition) is 8. The van der Waals surface area contributed by atoms with E-state index >= 15 is 0 Å². The molecule has 4 rings (SSSR count). The van der Waals surface area contributed by atoms with E-state index < -0.39 is 9.84 Å². The molecule has 1 aromatic carbocycles. The smallest absolute Gasteiger partial charge is 0.274 e. The molecule has 0 amide bonds. The van der Waals surface area contributed by atoms with Gasteiger partial charge in [0.2, 0.25) is 15.7 Å². The molecular formula is C19H16N4O4S2. The van der Waals surface area contributed by atoms with Crippen LogP contribution in [-0.4, -0.2) is 34.7 Å². The van der Waals surface area contributed by atoms with E-state index in [0.717, 1.165) is 17.1 Å². The summed E-state index contributed by atoms with van der Waals surface area (Å²) in [6.45, 7) is 1.98. The summed E-state index contributed by atoms with van der Waals surface area (Å²) in [6, 6.07) is 9.46. The first-order valence-electron chi connectivity index (χ1n) is 8.56. The highest BCUT2D eigenvalue weighted by Crippen LogP contribution is 2.26. The predicted molar refractivity (Wildman–Crippen MR) is 108 cm³/mol. The third kappa shape index (κ3) is 3.64. The van der Waals surface area contributed by atoms with Crippen LogP contribution in [0.2, 0.25) is 0 Å².